The molecule has 1 saturated carbocycles. The van der Waals surface area contributed by atoms with Crippen molar-refractivity contribution >= 4 is 9.84 Å². The summed E-state index contributed by atoms with van der Waals surface area (Å²) in [6.07, 6.45) is 3.47. The molecule has 1 fully saturated rings. The van der Waals surface area contributed by atoms with Gasteiger partial charge in [-0.25, -0.2) is 8.42 Å². The quantitative estimate of drug-likeness (QED) is 0.718. The molecule has 0 N–H and O–H groups in total. The summed E-state index contributed by atoms with van der Waals surface area (Å²) in [5, 5.41) is 0.106. The Kier molecular flexibility index (Phi) is 1.72. The Morgan fingerprint density at radius 3 is 2.75 bits per heavy atom. The van der Waals surface area contributed by atoms with E-state index in [-0.39, 0.29) is 10.8 Å². The van der Waals surface area contributed by atoms with Gasteiger partial charge in [0.25, 0.3) is 0 Å². The molecular formula is C8H10O3S. The zero-order valence-corrected chi connectivity index (χ0v) is 7.38. The van der Waals surface area contributed by atoms with Crippen molar-refractivity contribution in [1.82, 2.24) is 0 Å². The molecule has 2 rings (SSSR count). The maximum atomic E-state index is 11.4. The van der Waals surface area contributed by atoms with Gasteiger partial charge in [0.15, 0.2) is 0 Å². The van der Waals surface area contributed by atoms with Crippen molar-refractivity contribution in [2.45, 2.75) is 17.9 Å². The van der Waals surface area contributed by atoms with Crippen LogP contribution in [0, 0.1) is 5.92 Å². The fourth-order valence-electron chi connectivity index (χ4n) is 1.12. The molecule has 0 radical (unpaired) electrons. The average molecular weight is 186 g/mol. The van der Waals surface area contributed by atoms with E-state index in [4.69, 9.17) is 4.42 Å². The summed E-state index contributed by atoms with van der Waals surface area (Å²) in [4.78, 5) is 0. The minimum absolute atomic E-state index is 0.106. The van der Waals surface area contributed by atoms with E-state index >= 15 is 0 Å². The van der Waals surface area contributed by atoms with Gasteiger partial charge in [-0.15, -0.1) is 0 Å². The maximum absolute atomic E-state index is 11.4. The van der Waals surface area contributed by atoms with Crippen LogP contribution < -0.4 is 0 Å². The fraction of sp³-hybridized carbons (Fsp3) is 0.500. The van der Waals surface area contributed by atoms with E-state index in [1.54, 1.807) is 6.07 Å². The van der Waals surface area contributed by atoms with Gasteiger partial charge in [-0.05, 0) is 30.9 Å². The number of hydrogen-bond donors (Lipinski definition) is 0. The molecule has 0 amide bonds. The summed E-state index contributed by atoms with van der Waals surface area (Å²) in [5.41, 5.74) is 0. The first-order chi connectivity index (χ1) is 5.68. The van der Waals surface area contributed by atoms with Crippen LogP contribution in [-0.4, -0.2) is 14.2 Å². The van der Waals surface area contributed by atoms with Gasteiger partial charge in [-0.3, -0.25) is 0 Å². The van der Waals surface area contributed by atoms with E-state index in [1.807, 2.05) is 0 Å². The highest BCUT2D eigenvalue weighted by atomic mass is 32.2. The summed E-state index contributed by atoms with van der Waals surface area (Å²) < 4.78 is 27.7. The standard InChI is InChI=1S/C8H10O3S/c9-12(10,6-7-3-4-7)8-2-1-5-11-8/h1-2,5,7H,3-4,6H2. The molecule has 1 aliphatic carbocycles. The second-order valence-electron chi connectivity index (χ2n) is 3.16. The molecule has 0 bridgehead atoms. The second kappa shape index (κ2) is 2.62. The van der Waals surface area contributed by atoms with Gasteiger partial charge in [0.05, 0.1) is 12.0 Å². The molecular weight excluding hydrogens is 176 g/mol. The Morgan fingerprint density at radius 2 is 2.25 bits per heavy atom. The van der Waals surface area contributed by atoms with Gasteiger partial charge in [0.2, 0.25) is 14.9 Å². The smallest absolute Gasteiger partial charge is 0.217 e. The molecule has 0 spiro atoms. The van der Waals surface area contributed by atoms with Crippen LogP contribution in [0.3, 0.4) is 0 Å². The Balaban J connectivity index is 2.20. The second-order valence-corrected chi connectivity index (χ2v) is 5.12. The van der Waals surface area contributed by atoms with Crippen molar-refractivity contribution in [3.63, 3.8) is 0 Å². The first kappa shape index (κ1) is 7.86. The first-order valence-electron chi connectivity index (χ1n) is 3.95. The molecule has 1 aromatic heterocycles. The summed E-state index contributed by atoms with van der Waals surface area (Å²) in [7, 11) is -3.12. The number of rotatable bonds is 3. The lowest BCUT2D eigenvalue weighted by Crippen LogP contribution is -2.06. The predicted octanol–water partition coefficient (Wildman–Crippen LogP) is 1.46. The fourth-order valence-corrected chi connectivity index (χ4v) is 2.72. The van der Waals surface area contributed by atoms with Crippen molar-refractivity contribution in [3.8, 4) is 0 Å². The summed E-state index contributed by atoms with van der Waals surface area (Å²) in [6.45, 7) is 0. The van der Waals surface area contributed by atoms with Gasteiger partial charge < -0.3 is 4.42 Å². The molecule has 1 heterocycles. The Labute approximate surface area is 71.3 Å². The zero-order valence-electron chi connectivity index (χ0n) is 6.56. The van der Waals surface area contributed by atoms with Crippen molar-refractivity contribution in [2.24, 2.45) is 5.92 Å². The van der Waals surface area contributed by atoms with Gasteiger partial charge in [-0.1, -0.05) is 0 Å². The zero-order chi connectivity index (χ0) is 8.60. The lowest BCUT2D eigenvalue weighted by Gasteiger charge is -1.96. The molecule has 0 atom stereocenters. The molecule has 0 unspecified atom stereocenters. The minimum Gasteiger partial charge on any atom is -0.453 e. The third kappa shape index (κ3) is 1.53. The Morgan fingerprint density at radius 1 is 1.50 bits per heavy atom. The van der Waals surface area contributed by atoms with Crippen LogP contribution in [-0.2, 0) is 9.84 Å². The largest absolute Gasteiger partial charge is 0.453 e. The van der Waals surface area contributed by atoms with Crippen molar-refractivity contribution in [3.05, 3.63) is 18.4 Å². The molecule has 1 aliphatic rings. The monoisotopic (exact) mass is 186 g/mol. The minimum atomic E-state index is -3.12. The molecule has 12 heavy (non-hydrogen) atoms. The predicted molar refractivity (Wildman–Crippen MR) is 43.5 cm³/mol. The highest BCUT2D eigenvalue weighted by molar-refractivity contribution is 7.91. The summed E-state index contributed by atoms with van der Waals surface area (Å²) in [6, 6.07) is 3.09. The summed E-state index contributed by atoms with van der Waals surface area (Å²) >= 11 is 0. The molecule has 4 heteroatoms. The topological polar surface area (TPSA) is 47.3 Å². The van der Waals surface area contributed by atoms with E-state index in [1.165, 1.54) is 12.3 Å². The van der Waals surface area contributed by atoms with Gasteiger partial charge in [-0.2, -0.15) is 0 Å². The van der Waals surface area contributed by atoms with E-state index < -0.39 is 9.84 Å². The molecule has 0 aliphatic heterocycles. The van der Waals surface area contributed by atoms with Gasteiger partial charge in [0, 0.05) is 0 Å². The van der Waals surface area contributed by atoms with Crippen LogP contribution in [0.2, 0.25) is 0 Å². The van der Waals surface area contributed by atoms with Crippen LogP contribution in [0.4, 0.5) is 0 Å². The maximum Gasteiger partial charge on any atom is 0.217 e. The third-order valence-electron chi connectivity index (χ3n) is 1.95. The Bertz CT molecular complexity index is 346. The highest BCUT2D eigenvalue weighted by Gasteiger charge is 2.30. The van der Waals surface area contributed by atoms with Crippen LogP contribution >= 0.6 is 0 Å². The molecule has 66 valence electrons. The van der Waals surface area contributed by atoms with Gasteiger partial charge in [0.1, 0.15) is 0 Å². The van der Waals surface area contributed by atoms with Crippen molar-refractivity contribution in [2.75, 3.05) is 5.75 Å². The molecule has 3 nitrogen and oxygen atoms in total. The van der Waals surface area contributed by atoms with E-state index in [9.17, 15) is 8.42 Å². The van der Waals surface area contributed by atoms with E-state index in [0.717, 1.165) is 12.8 Å². The lowest BCUT2D eigenvalue weighted by molar-refractivity contribution is 0.449. The van der Waals surface area contributed by atoms with E-state index in [0.29, 0.717) is 5.92 Å². The normalized spacial score (nSPS) is 18.0. The van der Waals surface area contributed by atoms with Crippen molar-refractivity contribution < 1.29 is 12.8 Å². The first-order valence-corrected chi connectivity index (χ1v) is 5.60. The van der Waals surface area contributed by atoms with Crippen LogP contribution in [0.25, 0.3) is 0 Å². The average Bonchev–Trinajstić information content (AvgIpc) is 2.67. The van der Waals surface area contributed by atoms with E-state index in [2.05, 4.69) is 0 Å². The molecule has 0 aromatic carbocycles. The van der Waals surface area contributed by atoms with Crippen LogP contribution in [0.5, 0.6) is 0 Å². The van der Waals surface area contributed by atoms with Crippen LogP contribution in [0.15, 0.2) is 27.9 Å². The SMILES string of the molecule is O=S(=O)(CC1CC1)c1ccco1. The lowest BCUT2D eigenvalue weighted by atomic mass is 10.5. The van der Waals surface area contributed by atoms with Crippen LogP contribution in [0.1, 0.15) is 12.8 Å². The van der Waals surface area contributed by atoms with Gasteiger partial charge >= 0.3 is 0 Å². The summed E-state index contributed by atoms with van der Waals surface area (Å²) in [5.74, 6) is 0.626. The molecule has 0 saturated heterocycles. The van der Waals surface area contributed by atoms with Crippen molar-refractivity contribution in [1.29, 1.82) is 0 Å². The Hall–Kier alpha value is -0.770. The molecule has 1 aromatic rings. The third-order valence-corrected chi connectivity index (χ3v) is 3.71. The highest BCUT2D eigenvalue weighted by Crippen LogP contribution is 2.32. The number of hydrogen-bond acceptors (Lipinski definition) is 3. The number of furan rings is 1. The number of sulfone groups is 1.